The predicted molar refractivity (Wildman–Crippen MR) is 114 cm³/mol. The molecule has 1 amide bonds. The summed E-state index contributed by atoms with van der Waals surface area (Å²) < 4.78 is 9.72. The lowest BCUT2D eigenvalue weighted by molar-refractivity contribution is -0.125. The van der Waals surface area contributed by atoms with E-state index in [-0.39, 0.29) is 17.5 Å². The van der Waals surface area contributed by atoms with Crippen molar-refractivity contribution in [1.82, 2.24) is 24.5 Å². The fraction of sp³-hybridized carbons (Fsp3) is 0.476. The largest absolute Gasteiger partial charge is 0.381 e. The van der Waals surface area contributed by atoms with Gasteiger partial charge in [0, 0.05) is 31.8 Å². The second-order valence-electron chi connectivity index (χ2n) is 7.49. The molecule has 0 unspecified atom stereocenters. The Kier molecular flexibility index (Phi) is 6.20. The molecule has 0 spiro atoms. The number of aromatic nitrogens is 4. The van der Waals surface area contributed by atoms with E-state index in [1.54, 1.807) is 11.8 Å². The van der Waals surface area contributed by atoms with Crippen LogP contribution in [0.5, 0.6) is 0 Å². The Morgan fingerprint density at radius 3 is 2.72 bits per heavy atom. The highest BCUT2D eigenvalue weighted by Gasteiger charge is 2.36. The first-order chi connectivity index (χ1) is 14.2. The maximum atomic E-state index is 13.2. The van der Waals surface area contributed by atoms with Crippen LogP contribution in [0.25, 0.3) is 5.65 Å². The van der Waals surface area contributed by atoms with Crippen LogP contribution in [0.2, 0.25) is 0 Å². The van der Waals surface area contributed by atoms with Crippen LogP contribution in [0, 0.1) is 0 Å². The van der Waals surface area contributed by atoms with E-state index in [0.29, 0.717) is 19.6 Å². The van der Waals surface area contributed by atoms with E-state index in [2.05, 4.69) is 38.7 Å². The SMILES string of the molecule is CSCC[C@@H](NC(=O)CC1(n2cccc2)CCOCC1)c1nnc2ccccn12. The minimum Gasteiger partial charge on any atom is -0.381 e. The van der Waals surface area contributed by atoms with E-state index in [4.69, 9.17) is 4.74 Å². The van der Waals surface area contributed by atoms with Crippen LogP contribution in [-0.2, 0) is 15.1 Å². The van der Waals surface area contributed by atoms with E-state index in [1.807, 2.05) is 40.9 Å². The molecule has 1 saturated heterocycles. The third-order valence-corrected chi connectivity index (χ3v) is 6.31. The molecule has 1 aliphatic heterocycles. The number of nitrogens with one attached hydrogen (secondary N) is 1. The van der Waals surface area contributed by atoms with Crippen molar-refractivity contribution in [1.29, 1.82) is 0 Å². The van der Waals surface area contributed by atoms with E-state index >= 15 is 0 Å². The Morgan fingerprint density at radius 1 is 1.21 bits per heavy atom. The quantitative estimate of drug-likeness (QED) is 0.614. The third-order valence-electron chi connectivity index (χ3n) is 5.66. The van der Waals surface area contributed by atoms with Crippen LogP contribution in [0.15, 0.2) is 48.9 Å². The van der Waals surface area contributed by atoms with Gasteiger partial charge in [-0.05, 0) is 55.5 Å². The fourth-order valence-corrected chi connectivity index (χ4v) is 4.54. The first-order valence-electron chi connectivity index (χ1n) is 10.0. The summed E-state index contributed by atoms with van der Waals surface area (Å²) in [6, 6.07) is 9.67. The summed E-state index contributed by atoms with van der Waals surface area (Å²) in [5, 5.41) is 11.9. The molecule has 1 N–H and O–H groups in total. The second kappa shape index (κ2) is 9.00. The number of hydrogen-bond acceptors (Lipinski definition) is 5. The van der Waals surface area contributed by atoms with E-state index in [9.17, 15) is 4.79 Å². The van der Waals surface area contributed by atoms with Gasteiger partial charge in [0.15, 0.2) is 11.5 Å². The second-order valence-corrected chi connectivity index (χ2v) is 8.48. The normalized spacial score (nSPS) is 17.3. The van der Waals surface area contributed by atoms with E-state index in [0.717, 1.165) is 36.5 Å². The summed E-state index contributed by atoms with van der Waals surface area (Å²) in [6.45, 7) is 1.35. The number of ether oxygens (including phenoxy) is 1. The number of fused-ring (bicyclic) bond motifs is 1. The van der Waals surface area contributed by atoms with Gasteiger partial charge in [0.2, 0.25) is 5.91 Å². The zero-order chi connectivity index (χ0) is 20.1. The number of rotatable bonds is 8. The van der Waals surface area contributed by atoms with Crippen molar-refractivity contribution >= 4 is 23.3 Å². The predicted octanol–water partition coefficient (Wildman–Crippen LogP) is 3.04. The zero-order valence-corrected chi connectivity index (χ0v) is 17.5. The van der Waals surface area contributed by atoms with Gasteiger partial charge in [-0.3, -0.25) is 9.20 Å². The van der Waals surface area contributed by atoms with Gasteiger partial charge in [-0.1, -0.05) is 6.07 Å². The lowest BCUT2D eigenvalue weighted by atomic mass is 9.85. The highest BCUT2D eigenvalue weighted by Crippen LogP contribution is 2.33. The number of carbonyl (C=O) groups excluding carboxylic acids is 1. The molecular weight excluding hydrogens is 386 g/mol. The van der Waals surface area contributed by atoms with Crippen molar-refractivity contribution in [2.75, 3.05) is 25.2 Å². The van der Waals surface area contributed by atoms with Gasteiger partial charge in [-0.25, -0.2) is 0 Å². The number of thioether (sulfide) groups is 1. The van der Waals surface area contributed by atoms with Crippen LogP contribution >= 0.6 is 11.8 Å². The van der Waals surface area contributed by atoms with Crippen molar-refractivity contribution in [2.45, 2.75) is 37.3 Å². The minimum absolute atomic E-state index is 0.0411. The van der Waals surface area contributed by atoms with Crippen molar-refractivity contribution < 1.29 is 9.53 Å². The van der Waals surface area contributed by atoms with Gasteiger partial charge in [0.1, 0.15) is 0 Å². The molecule has 1 aliphatic rings. The summed E-state index contributed by atoms with van der Waals surface area (Å²) in [4.78, 5) is 13.2. The van der Waals surface area contributed by atoms with Gasteiger partial charge in [0.25, 0.3) is 0 Å². The van der Waals surface area contributed by atoms with Crippen LogP contribution < -0.4 is 5.32 Å². The standard InChI is InChI=1S/C21H27N5O2S/c1-29-15-7-17(20-24-23-18-6-2-3-12-26(18)20)22-19(27)16-21(8-13-28-14-9-21)25-10-4-5-11-25/h2-6,10-12,17H,7-9,13-16H2,1H3,(H,22,27)/t17-/m1/s1. The maximum Gasteiger partial charge on any atom is 0.222 e. The molecule has 1 atom stereocenters. The molecule has 4 heterocycles. The Balaban J connectivity index is 1.54. The summed E-state index contributed by atoms with van der Waals surface area (Å²) in [5.41, 5.74) is 0.558. The molecular formula is C21H27N5O2S. The highest BCUT2D eigenvalue weighted by molar-refractivity contribution is 7.98. The Bertz CT molecular complexity index is 934. The molecule has 0 saturated carbocycles. The summed E-state index contributed by atoms with van der Waals surface area (Å²) in [7, 11) is 0. The first-order valence-corrected chi connectivity index (χ1v) is 11.4. The van der Waals surface area contributed by atoms with Gasteiger partial charge >= 0.3 is 0 Å². The Morgan fingerprint density at radius 2 is 1.97 bits per heavy atom. The average Bonchev–Trinajstić information content (AvgIpc) is 3.42. The van der Waals surface area contributed by atoms with Crippen molar-refractivity contribution in [3.8, 4) is 0 Å². The molecule has 0 aliphatic carbocycles. The summed E-state index contributed by atoms with van der Waals surface area (Å²) in [6.07, 6.45) is 11.0. The monoisotopic (exact) mass is 413 g/mol. The smallest absolute Gasteiger partial charge is 0.222 e. The fourth-order valence-electron chi connectivity index (χ4n) is 4.07. The maximum absolute atomic E-state index is 13.2. The Labute approximate surface area is 174 Å². The van der Waals surface area contributed by atoms with Crippen molar-refractivity contribution in [3.63, 3.8) is 0 Å². The molecule has 0 aromatic carbocycles. The topological polar surface area (TPSA) is 73.5 Å². The van der Waals surface area contributed by atoms with Gasteiger partial charge < -0.3 is 14.6 Å². The van der Waals surface area contributed by atoms with Crippen LogP contribution in [-0.4, -0.2) is 50.3 Å². The van der Waals surface area contributed by atoms with Crippen molar-refractivity contribution in [2.24, 2.45) is 0 Å². The molecule has 1 fully saturated rings. The number of carbonyl (C=O) groups is 1. The summed E-state index contributed by atoms with van der Waals surface area (Å²) in [5.74, 6) is 1.76. The van der Waals surface area contributed by atoms with E-state index < -0.39 is 0 Å². The molecule has 154 valence electrons. The molecule has 29 heavy (non-hydrogen) atoms. The molecule has 4 rings (SSSR count). The zero-order valence-electron chi connectivity index (χ0n) is 16.7. The molecule has 0 radical (unpaired) electrons. The highest BCUT2D eigenvalue weighted by atomic mass is 32.2. The summed E-state index contributed by atoms with van der Waals surface area (Å²) >= 11 is 1.76. The molecule has 3 aromatic heterocycles. The van der Waals surface area contributed by atoms with E-state index in [1.165, 1.54) is 0 Å². The first kappa shape index (κ1) is 20.0. The van der Waals surface area contributed by atoms with Crippen molar-refractivity contribution in [3.05, 3.63) is 54.7 Å². The lowest BCUT2D eigenvalue weighted by Gasteiger charge is -2.38. The molecule has 8 heteroatoms. The number of hydrogen-bond donors (Lipinski definition) is 1. The lowest BCUT2D eigenvalue weighted by Crippen LogP contribution is -2.44. The minimum atomic E-state index is -0.233. The van der Waals surface area contributed by atoms with Crippen LogP contribution in [0.3, 0.4) is 0 Å². The van der Waals surface area contributed by atoms with Gasteiger partial charge in [0.05, 0.1) is 18.0 Å². The third kappa shape index (κ3) is 4.33. The van der Waals surface area contributed by atoms with Crippen LogP contribution in [0.1, 0.15) is 37.5 Å². The molecule has 3 aromatic rings. The number of pyridine rings is 1. The number of amides is 1. The van der Waals surface area contributed by atoms with Gasteiger partial charge in [-0.15, -0.1) is 10.2 Å². The number of nitrogens with zero attached hydrogens (tertiary/aromatic N) is 4. The average molecular weight is 414 g/mol. The van der Waals surface area contributed by atoms with Crippen LogP contribution in [0.4, 0.5) is 0 Å². The molecule has 0 bridgehead atoms. The van der Waals surface area contributed by atoms with Gasteiger partial charge in [-0.2, -0.15) is 11.8 Å². The molecule has 7 nitrogen and oxygen atoms in total. The Hall–Kier alpha value is -2.32.